The van der Waals surface area contributed by atoms with Crippen LogP contribution in [-0.4, -0.2) is 37.0 Å². The monoisotopic (exact) mass is 416 g/mol. The maximum Gasteiger partial charge on any atom is 0.330 e. The molecule has 1 fully saturated rings. The van der Waals surface area contributed by atoms with Crippen molar-refractivity contribution in [2.45, 2.75) is 36.7 Å². The number of furan rings is 1. The zero-order chi connectivity index (χ0) is 20.4. The molecule has 1 saturated heterocycles. The first kappa shape index (κ1) is 19.6. The highest BCUT2D eigenvalue weighted by Gasteiger charge is 2.21. The van der Waals surface area contributed by atoms with Crippen molar-refractivity contribution in [3.05, 3.63) is 56.8 Å². The Morgan fingerprint density at radius 2 is 1.90 bits per heavy atom. The van der Waals surface area contributed by atoms with Crippen LogP contribution in [0.5, 0.6) is 0 Å². The number of aromatic nitrogens is 5. The number of rotatable bonds is 6. The van der Waals surface area contributed by atoms with E-state index in [0.717, 1.165) is 47.4 Å². The predicted molar refractivity (Wildman–Crippen MR) is 110 cm³/mol. The minimum absolute atomic E-state index is 0.310. The molecule has 1 aliphatic rings. The van der Waals surface area contributed by atoms with Crippen molar-refractivity contribution in [3.63, 3.8) is 0 Å². The second kappa shape index (κ2) is 8.32. The Kier molecular flexibility index (Phi) is 5.61. The number of anilines is 1. The van der Waals surface area contributed by atoms with Gasteiger partial charge in [-0.05, 0) is 31.4 Å². The average molecular weight is 417 g/mol. The molecule has 29 heavy (non-hydrogen) atoms. The van der Waals surface area contributed by atoms with Crippen molar-refractivity contribution in [3.8, 4) is 0 Å². The average Bonchev–Trinajstić information content (AvgIpc) is 3.39. The van der Waals surface area contributed by atoms with Crippen molar-refractivity contribution < 1.29 is 4.42 Å². The van der Waals surface area contributed by atoms with E-state index in [1.807, 2.05) is 16.7 Å². The van der Waals surface area contributed by atoms with Crippen LogP contribution in [0.4, 0.5) is 5.95 Å². The normalized spacial score (nSPS) is 14.5. The third-order valence-electron chi connectivity index (χ3n) is 5.20. The van der Waals surface area contributed by atoms with E-state index in [1.165, 1.54) is 35.9 Å². The molecule has 4 heterocycles. The standard InChI is InChI=1S/C19H24N6O3S/c1-22-14(11-16(26)23(2)19(22)27)13-29-18-21-20-17(24-8-4-3-5-9-24)25(18)12-15-7-6-10-28-15/h6-7,10-11H,3-5,8-9,12-13H2,1-2H3. The van der Waals surface area contributed by atoms with Crippen LogP contribution in [0, 0.1) is 0 Å². The van der Waals surface area contributed by atoms with Gasteiger partial charge in [0.05, 0.1) is 12.8 Å². The lowest BCUT2D eigenvalue weighted by molar-refractivity contribution is 0.479. The number of nitrogens with zero attached hydrogens (tertiary/aromatic N) is 6. The minimum Gasteiger partial charge on any atom is -0.467 e. The first-order valence-electron chi connectivity index (χ1n) is 9.64. The van der Waals surface area contributed by atoms with Crippen molar-refractivity contribution in [2.24, 2.45) is 14.1 Å². The summed E-state index contributed by atoms with van der Waals surface area (Å²) in [6.07, 6.45) is 5.18. The van der Waals surface area contributed by atoms with Gasteiger partial charge in [-0.15, -0.1) is 10.2 Å². The largest absolute Gasteiger partial charge is 0.467 e. The summed E-state index contributed by atoms with van der Waals surface area (Å²) in [6.45, 7) is 2.46. The van der Waals surface area contributed by atoms with Gasteiger partial charge in [0.15, 0.2) is 5.16 Å². The van der Waals surface area contributed by atoms with Gasteiger partial charge in [-0.25, -0.2) is 4.79 Å². The summed E-state index contributed by atoms with van der Waals surface area (Å²) >= 11 is 1.46. The molecule has 3 aromatic heterocycles. The summed E-state index contributed by atoms with van der Waals surface area (Å²) in [6, 6.07) is 5.29. The SMILES string of the molecule is Cn1c(CSc2nnc(N3CCCCC3)n2Cc2ccco2)cc(=O)n(C)c1=O. The molecule has 0 bridgehead atoms. The number of hydrogen-bond acceptors (Lipinski definition) is 7. The third kappa shape index (κ3) is 4.02. The fourth-order valence-corrected chi connectivity index (χ4v) is 4.42. The van der Waals surface area contributed by atoms with Gasteiger partial charge in [0, 0.05) is 44.7 Å². The summed E-state index contributed by atoms with van der Waals surface area (Å²) in [5.41, 5.74) is 0.00378. The van der Waals surface area contributed by atoms with E-state index in [4.69, 9.17) is 4.42 Å². The Morgan fingerprint density at radius 3 is 2.62 bits per heavy atom. The van der Waals surface area contributed by atoms with Crippen molar-refractivity contribution in [1.82, 2.24) is 23.9 Å². The van der Waals surface area contributed by atoms with Crippen LogP contribution in [0.3, 0.4) is 0 Å². The fraction of sp³-hybridized carbons (Fsp3) is 0.474. The second-order valence-electron chi connectivity index (χ2n) is 7.16. The first-order valence-corrected chi connectivity index (χ1v) is 10.6. The summed E-state index contributed by atoms with van der Waals surface area (Å²) in [5.74, 6) is 2.10. The molecule has 0 aliphatic carbocycles. The van der Waals surface area contributed by atoms with Gasteiger partial charge in [-0.2, -0.15) is 0 Å². The fourth-order valence-electron chi connectivity index (χ4n) is 3.47. The van der Waals surface area contributed by atoms with Gasteiger partial charge in [0.1, 0.15) is 5.76 Å². The minimum atomic E-state index is -0.334. The summed E-state index contributed by atoms with van der Waals surface area (Å²) in [7, 11) is 3.15. The number of thioether (sulfide) groups is 1. The molecule has 9 nitrogen and oxygen atoms in total. The second-order valence-corrected chi connectivity index (χ2v) is 8.10. The van der Waals surface area contributed by atoms with E-state index in [9.17, 15) is 9.59 Å². The molecule has 0 spiro atoms. The molecule has 4 rings (SSSR count). The van der Waals surface area contributed by atoms with Gasteiger partial charge < -0.3 is 9.32 Å². The zero-order valence-electron chi connectivity index (χ0n) is 16.6. The molecular formula is C19H24N6O3S. The molecule has 0 atom stereocenters. The molecule has 0 amide bonds. The number of hydrogen-bond donors (Lipinski definition) is 0. The number of piperidine rings is 1. The molecule has 3 aromatic rings. The molecule has 10 heteroatoms. The van der Waals surface area contributed by atoms with Gasteiger partial charge in [-0.1, -0.05) is 11.8 Å². The maximum absolute atomic E-state index is 12.2. The third-order valence-corrected chi connectivity index (χ3v) is 6.21. The first-order chi connectivity index (χ1) is 14.0. The highest BCUT2D eigenvalue weighted by Crippen LogP contribution is 2.27. The van der Waals surface area contributed by atoms with E-state index in [-0.39, 0.29) is 11.2 Å². The van der Waals surface area contributed by atoms with Crippen molar-refractivity contribution in [2.75, 3.05) is 18.0 Å². The Balaban J connectivity index is 1.62. The van der Waals surface area contributed by atoms with E-state index in [0.29, 0.717) is 18.0 Å². The highest BCUT2D eigenvalue weighted by molar-refractivity contribution is 7.98. The quantitative estimate of drug-likeness (QED) is 0.564. The van der Waals surface area contributed by atoms with Crippen LogP contribution < -0.4 is 16.1 Å². The van der Waals surface area contributed by atoms with Gasteiger partial charge in [0.2, 0.25) is 5.95 Å². The lowest BCUT2D eigenvalue weighted by Gasteiger charge is -2.27. The highest BCUT2D eigenvalue weighted by atomic mass is 32.2. The smallest absolute Gasteiger partial charge is 0.330 e. The van der Waals surface area contributed by atoms with Crippen molar-refractivity contribution in [1.29, 1.82) is 0 Å². The summed E-state index contributed by atoms with van der Waals surface area (Å²) in [4.78, 5) is 26.4. The van der Waals surface area contributed by atoms with Gasteiger partial charge in [-0.3, -0.25) is 18.5 Å². The van der Waals surface area contributed by atoms with E-state index >= 15 is 0 Å². The Morgan fingerprint density at radius 1 is 1.10 bits per heavy atom. The van der Waals surface area contributed by atoms with Crippen LogP contribution in [0.2, 0.25) is 0 Å². The van der Waals surface area contributed by atoms with Crippen LogP contribution in [0.15, 0.2) is 43.6 Å². The molecule has 0 saturated carbocycles. The summed E-state index contributed by atoms with van der Waals surface area (Å²) in [5, 5.41) is 9.58. The molecule has 0 N–H and O–H groups in total. The molecule has 0 radical (unpaired) electrons. The topological polar surface area (TPSA) is 91.1 Å². The van der Waals surface area contributed by atoms with Crippen LogP contribution in [-0.2, 0) is 26.4 Å². The maximum atomic E-state index is 12.2. The summed E-state index contributed by atoms with van der Waals surface area (Å²) < 4.78 is 10.2. The van der Waals surface area contributed by atoms with Gasteiger partial charge >= 0.3 is 5.69 Å². The van der Waals surface area contributed by atoms with Crippen LogP contribution >= 0.6 is 11.8 Å². The van der Waals surface area contributed by atoms with E-state index in [1.54, 1.807) is 13.3 Å². The predicted octanol–water partition coefficient (Wildman–Crippen LogP) is 1.60. The van der Waals surface area contributed by atoms with E-state index in [2.05, 4.69) is 15.1 Å². The Hall–Kier alpha value is -2.75. The Labute approximate surface area is 172 Å². The Bertz CT molecular complexity index is 1090. The van der Waals surface area contributed by atoms with Crippen LogP contribution in [0.25, 0.3) is 0 Å². The van der Waals surface area contributed by atoms with Crippen molar-refractivity contribution >= 4 is 17.7 Å². The molecule has 0 aromatic carbocycles. The van der Waals surface area contributed by atoms with E-state index < -0.39 is 0 Å². The molecule has 1 aliphatic heterocycles. The molecule has 0 unspecified atom stereocenters. The zero-order valence-corrected chi connectivity index (χ0v) is 17.4. The molecular weight excluding hydrogens is 392 g/mol. The van der Waals surface area contributed by atoms with Crippen LogP contribution in [0.1, 0.15) is 30.7 Å². The lowest BCUT2D eigenvalue weighted by atomic mass is 10.1. The van der Waals surface area contributed by atoms with Gasteiger partial charge in [0.25, 0.3) is 5.56 Å². The lowest BCUT2D eigenvalue weighted by Crippen LogP contribution is -2.37. The molecule has 154 valence electrons.